The van der Waals surface area contributed by atoms with E-state index in [0.717, 1.165) is 18.0 Å². The highest BCUT2D eigenvalue weighted by Gasteiger charge is 2.34. The number of rotatable bonds is 3. The first-order valence-electron chi connectivity index (χ1n) is 7.18. The minimum Gasteiger partial charge on any atom is -0.497 e. The number of amides is 2. The first-order chi connectivity index (χ1) is 9.74. The van der Waals surface area contributed by atoms with Gasteiger partial charge in [-0.1, -0.05) is 6.07 Å². The van der Waals surface area contributed by atoms with E-state index < -0.39 is 0 Å². The number of methoxy groups -OCH3 is 1. The minimum atomic E-state index is -0.128. The van der Waals surface area contributed by atoms with E-state index in [-0.39, 0.29) is 12.1 Å². The molecule has 3 aliphatic rings. The highest BCUT2D eigenvalue weighted by atomic mass is 16.5. The van der Waals surface area contributed by atoms with Gasteiger partial charge in [-0.3, -0.25) is 0 Å². The van der Waals surface area contributed by atoms with Gasteiger partial charge in [-0.15, -0.1) is 0 Å². The minimum absolute atomic E-state index is 0.128. The Hall–Kier alpha value is -1.75. The summed E-state index contributed by atoms with van der Waals surface area (Å²) in [6, 6.07) is 7.55. The van der Waals surface area contributed by atoms with Crippen LogP contribution in [0.2, 0.25) is 0 Å². The van der Waals surface area contributed by atoms with E-state index in [0.29, 0.717) is 5.92 Å². The predicted octanol–water partition coefficient (Wildman–Crippen LogP) is 1.91. The lowest BCUT2D eigenvalue weighted by Crippen LogP contribution is -2.57. The summed E-state index contributed by atoms with van der Waals surface area (Å²) < 4.78 is 5.15. The van der Waals surface area contributed by atoms with E-state index in [9.17, 15) is 4.79 Å². The van der Waals surface area contributed by atoms with Gasteiger partial charge in [0.25, 0.3) is 0 Å². The lowest BCUT2D eigenvalue weighted by Gasteiger charge is -2.44. The predicted molar refractivity (Wildman–Crippen MR) is 78.1 cm³/mol. The number of nitrogens with zero attached hydrogens (tertiary/aromatic N) is 1. The van der Waals surface area contributed by atoms with Gasteiger partial charge in [0.15, 0.2) is 0 Å². The summed E-state index contributed by atoms with van der Waals surface area (Å²) in [4.78, 5) is 14.5. The maximum Gasteiger partial charge on any atom is 0.319 e. The molecule has 0 aromatic heterocycles. The van der Waals surface area contributed by atoms with Crippen molar-refractivity contribution in [2.45, 2.75) is 18.9 Å². The van der Waals surface area contributed by atoms with Gasteiger partial charge < -0.3 is 20.3 Å². The van der Waals surface area contributed by atoms with Gasteiger partial charge in [0, 0.05) is 24.3 Å². The zero-order valence-corrected chi connectivity index (χ0v) is 11.8. The maximum absolute atomic E-state index is 12.1. The first kappa shape index (κ1) is 13.2. The molecule has 1 atom stereocenters. The molecule has 108 valence electrons. The highest BCUT2D eigenvalue weighted by Crippen LogP contribution is 2.27. The van der Waals surface area contributed by atoms with Crippen molar-refractivity contribution in [1.82, 2.24) is 10.2 Å². The second kappa shape index (κ2) is 5.71. The second-order valence-electron chi connectivity index (χ2n) is 5.57. The average molecular weight is 275 g/mol. The number of benzene rings is 1. The monoisotopic (exact) mass is 275 g/mol. The third-order valence-electron chi connectivity index (χ3n) is 4.30. The van der Waals surface area contributed by atoms with Crippen molar-refractivity contribution in [2.24, 2.45) is 5.92 Å². The molecule has 1 aromatic carbocycles. The summed E-state index contributed by atoms with van der Waals surface area (Å²) in [5.74, 6) is 1.38. The van der Waals surface area contributed by atoms with Gasteiger partial charge >= 0.3 is 6.03 Å². The van der Waals surface area contributed by atoms with Gasteiger partial charge in [0.2, 0.25) is 0 Å². The zero-order chi connectivity index (χ0) is 13.9. The molecular weight excluding hydrogens is 254 g/mol. The molecule has 2 amide bonds. The first-order valence-corrected chi connectivity index (χ1v) is 7.18. The van der Waals surface area contributed by atoms with E-state index in [1.165, 1.54) is 25.9 Å². The molecule has 2 N–H and O–H groups in total. The van der Waals surface area contributed by atoms with Gasteiger partial charge in [-0.2, -0.15) is 0 Å². The SMILES string of the molecule is COc1cccc(NC(=O)NC2CN3CCC2CC3)c1. The van der Waals surface area contributed by atoms with Gasteiger partial charge in [0.05, 0.1) is 7.11 Å². The molecular formula is C15H21N3O2. The summed E-state index contributed by atoms with van der Waals surface area (Å²) in [7, 11) is 1.62. The highest BCUT2D eigenvalue weighted by molar-refractivity contribution is 5.89. The van der Waals surface area contributed by atoms with Crippen molar-refractivity contribution in [2.75, 3.05) is 32.1 Å². The second-order valence-corrected chi connectivity index (χ2v) is 5.57. The molecule has 2 bridgehead atoms. The fourth-order valence-corrected chi connectivity index (χ4v) is 3.17. The number of nitrogens with one attached hydrogen (secondary N) is 2. The molecule has 1 unspecified atom stereocenters. The van der Waals surface area contributed by atoms with Crippen LogP contribution in [0.5, 0.6) is 5.75 Å². The van der Waals surface area contributed by atoms with Crippen molar-refractivity contribution in [3.8, 4) is 5.75 Å². The average Bonchev–Trinajstić information content (AvgIpc) is 2.48. The van der Waals surface area contributed by atoms with Gasteiger partial charge in [-0.25, -0.2) is 4.79 Å². The summed E-state index contributed by atoms with van der Waals surface area (Å²) in [5.41, 5.74) is 0.753. The van der Waals surface area contributed by atoms with Crippen LogP contribution in [0.4, 0.5) is 10.5 Å². The van der Waals surface area contributed by atoms with Crippen LogP contribution in [0.3, 0.4) is 0 Å². The molecule has 3 heterocycles. The summed E-state index contributed by atoms with van der Waals surface area (Å²) in [6.07, 6.45) is 2.40. The fourth-order valence-electron chi connectivity index (χ4n) is 3.17. The number of fused-ring (bicyclic) bond motifs is 3. The van der Waals surface area contributed by atoms with E-state index in [1.807, 2.05) is 24.3 Å². The molecule has 3 saturated heterocycles. The number of hydrogen-bond acceptors (Lipinski definition) is 3. The number of ether oxygens (including phenoxy) is 1. The molecule has 0 saturated carbocycles. The van der Waals surface area contributed by atoms with E-state index in [1.54, 1.807) is 7.11 Å². The van der Waals surface area contributed by atoms with E-state index in [4.69, 9.17) is 4.74 Å². The van der Waals surface area contributed by atoms with Gasteiger partial charge in [-0.05, 0) is 44.0 Å². The topological polar surface area (TPSA) is 53.6 Å². The molecule has 5 heteroatoms. The largest absolute Gasteiger partial charge is 0.497 e. The number of carbonyl (C=O) groups is 1. The van der Waals surface area contributed by atoms with Crippen molar-refractivity contribution in [3.05, 3.63) is 24.3 Å². The van der Waals surface area contributed by atoms with E-state index >= 15 is 0 Å². The van der Waals surface area contributed by atoms with Crippen LogP contribution < -0.4 is 15.4 Å². The molecule has 3 fully saturated rings. The Labute approximate surface area is 119 Å². The van der Waals surface area contributed by atoms with Crippen LogP contribution in [-0.2, 0) is 0 Å². The summed E-state index contributed by atoms with van der Waals surface area (Å²) in [5, 5.41) is 5.98. The Morgan fingerprint density at radius 1 is 1.35 bits per heavy atom. The van der Waals surface area contributed by atoms with Crippen LogP contribution in [0.1, 0.15) is 12.8 Å². The Balaban J connectivity index is 1.57. The quantitative estimate of drug-likeness (QED) is 0.886. The van der Waals surface area contributed by atoms with Crippen molar-refractivity contribution >= 4 is 11.7 Å². The molecule has 0 aliphatic carbocycles. The Kier molecular flexibility index (Phi) is 3.78. The van der Waals surface area contributed by atoms with E-state index in [2.05, 4.69) is 15.5 Å². The number of piperidine rings is 3. The molecule has 0 radical (unpaired) electrons. The number of carbonyl (C=O) groups excluding carboxylic acids is 1. The van der Waals surface area contributed by atoms with Crippen molar-refractivity contribution in [3.63, 3.8) is 0 Å². The summed E-state index contributed by atoms with van der Waals surface area (Å²) in [6.45, 7) is 3.34. The van der Waals surface area contributed by atoms with Crippen molar-refractivity contribution < 1.29 is 9.53 Å². The smallest absolute Gasteiger partial charge is 0.319 e. The zero-order valence-electron chi connectivity index (χ0n) is 11.8. The molecule has 5 nitrogen and oxygen atoms in total. The normalized spacial score (nSPS) is 27.9. The molecule has 1 aromatic rings. The molecule has 4 rings (SSSR count). The number of hydrogen-bond donors (Lipinski definition) is 2. The molecule has 20 heavy (non-hydrogen) atoms. The summed E-state index contributed by atoms with van der Waals surface area (Å²) >= 11 is 0. The Morgan fingerprint density at radius 2 is 2.15 bits per heavy atom. The van der Waals surface area contributed by atoms with Crippen LogP contribution in [0.15, 0.2) is 24.3 Å². The van der Waals surface area contributed by atoms with Crippen LogP contribution in [-0.4, -0.2) is 43.7 Å². The Morgan fingerprint density at radius 3 is 2.80 bits per heavy atom. The number of urea groups is 1. The standard InChI is InChI=1S/C15H21N3O2/c1-20-13-4-2-3-12(9-13)16-15(19)17-14-10-18-7-5-11(14)6-8-18/h2-4,9,11,14H,5-8,10H2,1H3,(H2,16,17,19). The van der Waals surface area contributed by atoms with Crippen LogP contribution in [0, 0.1) is 5.92 Å². The van der Waals surface area contributed by atoms with Crippen LogP contribution >= 0.6 is 0 Å². The fraction of sp³-hybridized carbons (Fsp3) is 0.533. The third-order valence-corrected chi connectivity index (χ3v) is 4.30. The van der Waals surface area contributed by atoms with Gasteiger partial charge in [0.1, 0.15) is 5.75 Å². The number of anilines is 1. The van der Waals surface area contributed by atoms with Crippen LogP contribution in [0.25, 0.3) is 0 Å². The lowest BCUT2D eigenvalue weighted by atomic mass is 9.84. The van der Waals surface area contributed by atoms with Crippen molar-refractivity contribution in [1.29, 1.82) is 0 Å². The lowest BCUT2D eigenvalue weighted by molar-refractivity contribution is 0.0777. The molecule has 0 spiro atoms. The third kappa shape index (κ3) is 2.88. The Bertz CT molecular complexity index is 484. The maximum atomic E-state index is 12.1. The molecule has 3 aliphatic heterocycles.